The molecule has 22 heavy (non-hydrogen) atoms. The zero-order valence-electron chi connectivity index (χ0n) is 12.0. The highest BCUT2D eigenvalue weighted by Gasteiger charge is 2.31. The molecule has 1 aliphatic heterocycles. The Balaban J connectivity index is 1.87. The third-order valence-electron chi connectivity index (χ3n) is 3.44. The number of alkyl halides is 3. The molecular weight excluding hydrogens is 301 g/mol. The number of nitrogens with zero attached hydrogens (tertiary/aromatic N) is 1. The smallest absolute Gasteiger partial charge is 0.453 e. The van der Waals surface area contributed by atoms with E-state index in [-0.39, 0.29) is 11.8 Å². The lowest BCUT2D eigenvalue weighted by Gasteiger charge is -2.33. The van der Waals surface area contributed by atoms with Gasteiger partial charge in [0.2, 0.25) is 0 Å². The Labute approximate surface area is 126 Å². The second-order valence-electron chi connectivity index (χ2n) is 4.94. The maximum Gasteiger partial charge on any atom is 0.573 e. The summed E-state index contributed by atoms with van der Waals surface area (Å²) in [5.41, 5.74) is 0.825. The van der Waals surface area contributed by atoms with Gasteiger partial charge in [-0.3, -0.25) is 0 Å². The second-order valence-corrected chi connectivity index (χ2v) is 4.94. The number of methoxy groups -OCH3 is 1. The van der Waals surface area contributed by atoms with E-state index in [2.05, 4.69) is 14.8 Å². The number of rotatable bonds is 3. The van der Waals surface area contributed by atoms with Crippen molar-refractivity contribution in [2.45, 2.75) is 25.2 Å². The summed E-state index contributed by atoms with van der Waals surface area (Å²) in [5.74, 6) is -0.238. The SMILES string of the molecule is COC(=O)NC1CCN(c2ccc(OC(F)(F)F)cc2)CC1. The van der Waals surface area contributed by atoms with Crippen LogP contribution in [-0.2, 0) is 4.74 Å². The Bertz CT molecular complexity index is 497. The first kappa shape index (κ1) is 16.3. The van der Waals surface area contributed by atoms with E-state index in [1.165, 1.54) is 19.2 Å². The Hall–Kier alpha value is -2.12. The number of amides is 1. The van der Waals surface area contributed by atoms with Gasteiger partial charge < -0.3 is 19.7 Å². The van der Waals surface area contributed by atoms with Crippen LogP contribution < -0.4 is 15.0 Å². The second kappa shape index (κ2) is 6.76. The van der Waals surface area contributed by atoms with Crippen LogP contribution in [0, 0.1) is 0 Å². The van der Waals surface area contributed by atoms with E-state index >= 15 is 0 Å². The normalized spacial score (nSPS) is 16.3. The number of hydrogen-bond acceptors (Lipinski definition) is 4. The van der Waals surface area contributed by atoms with Crippen LogP contribution in [0.4, 0.5) is 23.7 Å². The molecule has 0 radical (unpaired) electrons. The fourth-order valence-electron chi connectivity index (χ4n) is 2.37. The third-order valence-corrected chi connectivity index (χ3v) is 3.44. The van der Waals surface area contributed by atoms with Gasteiger partial charge in [-0.25, -0.2) is 4.79 Å². The lowest BCUT2D eigenvalue weighted by molar-refractivity contribution is -0.274. The average molecular weight is 318 g/mol. The number of ether oxygens (including phenoxy) is 2. The van der Waals surface area contributed by atoms with Crippen molar-refractivity contribution >= 4 is 11.8 Å². The van der Waals surface area contributed by atoms with Crippen LogP contribution in [0.5, 0.6) is 5.75 Å². The van der Waals surface area contributed by atoms with Gasteiger partial charge in [0.05, 0.1) is 7.11 Å². The van der Waals surface area contributed by atoms with E-state index in [9.17, 15) is 18.0 Å². The summed E-state index contributed by atoms with van der Waals surface area (Å²) in [4.78, 5) is 13.2. The maximum absolute atomic E-state index is 12.1. The van der Waals surface area contributed by atoms with Crippen molar-refractivity contribution < 1.29 is 27.4 Å². The van der Waals surface area contributed by atoms with Gasteiger partial charge in [0.1, 0.15) is 5.75 Å². The van der Waals surface area contributed by atoms with Gasteiger partial charge in [-0.05, 0) is 37.1 Å². The highest BCUT2D eigenvalue weighted by atomic mass is 19.4. The summed E-state index contributed by atoms with van der Waals surface area (Å²) in [6.45, 7) is 1.41. The first-order chi connectivity index (χ1) is 10.4. The molecule has 1 amide bonds. The van der Waals surface area contributed by atoms with Gasteiger partial charge in [0.15, 0.2) is 0 Å². The van der Waals surface area contributed by atoms with Crippen molar-refractivity contribution in [2.75, 3.05) is 25.1 Å². The number of piperidine rings is 1. The summed E-state index contributed by atoms with van der Waals surface area (Å²) >= 11 is 0. The predicted octanol–water partition coefficient (Wildman–Crippen LogP) is 2.91. The first-order valence-corrected chi connectivity index (χ1v) is 6.82. The van der Waals surface area contributed by atoms with Gasteiger partial charge in [-0.2, -0.15) is 0 Å². The predicted molar refractivity (Wildman–Crippen MR) is 73.9 cm³/mol. The molecule has 1 saturated heterocycles. The van der Waals surface area contributed by atoms with E-state index in [4.69, 9.17) is 0 Å². The standard InChI is InChI=1S/C14H17F3N2O3/c1-21-13(20)18-10-6-8-19(9-7-10)11-2-4-12(5-3-11)22-14(15,16)17/h2-5,10H,6-9H2,1H3,(H,18,20). The zero-order chi connectivity index (χ0) is 16.2. The molecule has 2 rings (SSSR count). The number of alkyl carbamates (subject to hydrolysis) is 1. The summed E-state index contributed by atoms with van der Waals surface area (Å²) < 4.78 is 44.7. The third kappa shape index (κ3) is 4.71. The number of benzene rings is 1. The number of carbonyl (C=O) groups is 1. The Morgan fingerprint density at radius 3 is 2.32 bits per heavy atom. The largest absolute Gasteiger partial charge is 0.573 e. The lowest BCUT2D eigenvalue weighted by atomic mass is 10.0. The van der Waals surface area contributed by atoms with Crippen LogP contribution >= 0.6 is 0 Å². The number of nitrogens with one attached hydrogen (secondary N) is 1. The molecule has 0 spiro atoms. The van der Waals surface area contributed by atoms with Crippen LogP contribution in [0.1, 0.15) is 12.8 Å². The van der Waals surface area contributed by atoms with Crippen LogP contribution in [0.25, 0.3) is 0 Å². The van der Waals surface area contributed by atoms with Gasteiger partial charge in [0.25, 0.3) is 0 Å². The van der Waals surface area contributed by atoms with E-state index in [1.54, 1.807) is 12.1 Å². The number of carbonyl (C=O) groups excluding carboxylic acids is 1. The van der Waals surface area contributed by atoms with Crippen molar-refractivity contribution in [3.8, 4) is 5.75 Å². The van der Waals surface area contributed by atoms with Crippen LogP contribution in [0.2, 0.25) is 0 Å². The van der Waals surface area contributed by atoms with Crippen molar-refractivity contribution in [3.05, 3.63) is 24.3 Å². The summed E-state index contributed by atoms with van der Waals surface area (Å²) in [7, 11) is 1.31. The first-order valence-electron chi connectivity index (χ1n) is 6.82. The fourth-order valence-corrected chi connectivity index (χ4v) is 2.37. The lowest BCUT2D eigenvalue weighted by Crippen LogP contribution is -2.44. The van der Waals surface area contributed by atoms with Crippen LogP contribution in [-0.4, -0.2) is 38.7 Å². The molecule has 0 aromatic heterocycles. The molecule has 0 unspecified atom stereocenters. The monoisotopic (exact) mass is 318 g/mol. The minimum absolute atomic E-state index is 0.0523. The molecule has 1 N–H and O–H groups in total. The molecule has 0 aliphatic carbocycles. The number of halogens is 3. The Morgan fingerprint density at radius 2 is 1.82 bits per heavy atom. The average Bonchev–Trinajstić information content (AvgIpc) is 2.47. The molecule has 0 saturated carbocycles. The summed E-state index contributed by atoms with van der Waals surface area (Å²) in [6, 6.07) is 5.82. The van der Waals surface area contributed by atoms with Crippen LogP contribution in [0.3, 0.4) is 0 Å². The van der Waals surface area contributed by atoms with Gasteiger partial charge in [-0.15, -0.1) is 13.2 Å². The molecule has 1 aliphatic rings. The van der Waals surface area contributed by atoms with E-state index in [0.717, 1.165) is 18.5 Å². The van der Waals surface area contributed by atoms with Crippen molar-refractivity contribution in [1.29, 1.82) is 0 Å². The fraction of sp³-hybridized carbons (Fsp3) is 0.500. The van der Waals surface area contributed by atoms with Crippen LogP contribution in [0.15, 0.2) is 24.3 Å². The van der Waals surface area contributed by atoms with Gasteiger partial charge in [-0.1, -0.05) is 0 Å². The molecule has 122 valence electrons. The molecule has 0 bridgehead atoms. The highest BCUT2D eigenvalue weighted by Crippen LogP contribution is 2.26. The number of anilines is 1. The molecule has 5 nitrogen and oxygen atoms in total. The molecule has 1 fully saturated rings. The number of hydrogen-bond donors (Lipinski definition) is 1. The molecular formula is C14H17F3N2O3. The minimum atomic E-state index is -4.68. The molecule has 1 aromatic rings. The molecule has 8 heteroatoms. The van der Waals surface area contributed by atoms with Crippen molar-refractivity contribution in [3.63, 3.8) is 0 Å². The maximum atomic E-state index is 12.1. The molecule has 0 atom stereocenters. The highest BCUT2D eigenvalue weighted by molar-refractivity contribution is 5.67. The summed E-state index contributed by atoms with van der Waals surface area (Å²) in [6.07, 6.45) is -3.64. The topological polar surface area (TPSA) is 50.8 Å². The van der Waals surface area contributed by atoms with E-state index < -0.39 is 12.5 Å². The zero-order valence-corrected chi connectivity index (χ0v) is 12.0. The Kier molecular flexibility index (Phi) is 4.99. The van der Waals surface area contributed by atoms with Crippen molar-refractivity contribution in [1.82, 2.24) is 5.32 Å². The molecule has 1 aromatic carbocycles. The van der Waals surface area contributed by atoms with Crippen molar-refractivity contribution in [2.24, 2.45) is 0 Å². The van der Waals surface area contributed by atoms with E-state index in [0.29, 0.717) is 13.1 Å². The van der Waals surface area contributed by atoms with E-state index in [1.807, 2.05) is 4.90 Å². The quantitative estimate of drug-likeness (QED) is 0.931. The minimum Gasteiger partial charge on any atom is -0.453 e. The Morgan fingerprint density at radius 1 is 1.23 bits per heavy atom. The van der Waals surface area contributed by atoms with Gasteiger partial charge in [0, 0.05) is 24.8 Å². The molecule has 1 heterocycles. The summed E-state index contributed by atoms with van der Waals surface area (Å²) in [5, 5.41) is 2.74. The van der Waals surface area contributed by atoms with Gasteiger partial charge >= 0.3 is 12.5 Å².